The van der Waals surface area contributed by atoms with Gasteiger partial charge in [-0.3, -0.25) is 0 Å². The molecule has 0 unspecified atom stereocenters. The fourth-order valence-electron chi connectivity index (χ4n) is 1.78. The molecule has 0 atom stereocenters. The van der Waals surface area contributed by atoms with E-state index in [9.17, 15) is 0 Å². The Morgan fingerprint density at radius 2 is 1.53 bits per heavy atom. The maximum atomic E-state index is 2.24. The molecule has 2 aromatic carbocycles. The number of rotatable bonds is 3. The highest BCUT2D eigenvalue weighted by molar-refractivity contribution is 7.99. The number of aryl methyl sites for hydroxylation is 1. The Hall–Kier alpha value is -1.21. The van der Waals surface area contributed by atoms with E-state index in [4.69, 9.17) is 0 Å². The number of benzene rings is 2. The first-order valence-corrected chi connectivity index (χ1v) is 6.82. The summed E-state index contributed by atoms with van der Waals surface area (Å²) < 4.78 is 0. The Morgan fingerprint density at radius 1 is 0.882 bits per heavy atom. The monoisotopic (exact) mass is 242 g/mol. The van der Waals surface area contributed by atoms with Crippen molar-refractivity contribution in [2.75, 3.05) is 0 Å². The van der Waals surface area contributed by atoms with Crippen LogP contribution in [0.1, 0.15) is 30.9 Å². The summed E-state index contributed by atoms with van der Waals surface area (Å²) in [6.45, 7) is 6.61. The van der Waals surface area contributed by atoms with Gasteiger partial charge in [0, 0.05) is 9.79 Å². The van der Waals surface area contributed by atoms with Gasteiger partial charge in [0.2, 0.25) is 0 Å². The molecule has 0 aromatic heterocycles. The summed E-state index contributed by atoms with van der Waals surface area (Å²) in [5, 5.41) is 0. The quantitative estimate of drug-likeness (QED) is 0.706. The molecule has 0 radical (unpaired) electrons. The Bertz CT molecular complexity index is 483. The van der Waals surface area contributed by atoms with Crippen molar-refractivity contribution < 1.29 is 0 Å². The molecule has 0 nitrogen and oxygen atoms in total. The van der Waals surface area contributed by atoms with E-state index in [2.05, 4.69) is 69.3 Å². The first-order valence-electron chi connectivity index (χ1n) is 6.00. The fraction of sp³-hybridized carbons (Fsp3) is 0.250. The summed E-state index contributed by atoms with van der Waals surface area (Å²) in [5.74, 6) is 0.573. The number of hydrogen-bond donors (Lipinski definition) is 0. The molecule has 88 valence electrons. The van der Waals surface area contributed by atoms with Crippen molar-refractivity contribution in [2.45, 2.75) is 36.5 Å². The number of hydrogen-bond acceptors (Lipinski definition) is 1. The van der Waals surface area contributed by atoms with Crippen molar-refractivity contribution >= 4 is 11.8 Å². The van der Waals surface area contributed by atoms with Crippen molar-refractivity contribution in [3.8, 4) is 0 Å². The summed E-state index contributed by atoms with van der Waals surface area (Å²) in [5.41, 5.74) is 2.74. The zero-order valence-corrected chi connectivity index (χ0v) is 11.4. The molecular formula is C16H18S. The normalized spacial score (nSPS) is 10.8. The third kappa shape index (κ3) is 3.13. The van der Waals surface area contributed by atoms with E-state index in [-0.39, 0.29) is 0 Å². The van der Waals surface area contributed by atoms with Crippen molar-refractivity contribution in [3.05, 3.63) is 59.7 Å². The van der Waals surface area contributed by atoms with Crippen LogP contribution in [0.5, 0.6) is 0 Å². The molecular weight excluding hydrogens is 224 g/mol. The van der Waals surface area contributed by atoms with Gasteiger partial charge < -0.3 is 0 Å². The minimum Gasteiger partial charge on any atom is -0.0898 e. The minimum absolute atomic E-state index is 0.573. The topological polar surface area (TPSA) is 0 Å². The van der Waals surface area contributed by atoms with Gasteiger partial charge in [-0.1, -0.05) is 61.5 Å². The summed E-state index contributed by atoms with van der Waals surface area (Å²) in [7, 11) is 0. The van der Waals surface area contributed by atoms with Gasteiger partial charge in [0.05, 0.1) is 0 Å². The first-order chi connectivity index (χ1) is 8.16. The second-order valence-corrected chi connectivity index (χ2v) is 5.72. The standard InChI is InChI=1S/C16H18S/c1-12(2)15-6-4-5-7-16(15)17-14-10-8-13(3)9-11-14/h4-12H,1-3H3. The highest BCUT2D eigenvalue weighted by atomic mass is 32.2. The molecule has 0 fully saturated rings. The van der Waals surface area contributed by atoms with Crippen LogP contribution in [0.25, 0.3) is 0 Å². The van der Waals surface area contributed by atoms with Gasteiger partial charge in [-0.15, -0.1) is 0 Å². The molecule has 0 amide bonds. The second-order valence-electron chi connectivity index (χ2n) is 4.61. The molecule has 17 heavy (non-hydrogen) atoms. The molecule has 0 spiro atoms. The van der Waals surface area contributed by atoms with E-state index in [1.807, 2.05) is 11.8 Å². The van der Waals surface area contributed by atoms with E-state index < -0.39 is 0 Å². The molecule has 2 aromatic rings. The molecule has 0 bridgehead atoms. The predicted molar refractivity (Wildman–Crippen MR) is 75.8 cm³/mol. The van der Waals surface area contributed by atoms with Crippen LogP contribution in [0.15, 0.2) is 58.3 Å². The van der Waals surface area contributed by atoms with E-state index in [1.165, 1.54) is 20.9 Å². The van der Waals surface area contributed by atoms with Crippen LogP contribution in [0, 0.1) is 6.92 Å². The van der Waals surface area contributed by atoms with E-state index in [0.717, 1.165) is 0 Å². The van der Waals surface area contributed by atoms with Gasteiger partial charge in [0.15, 0.2) is 0 Å². The Balaban J connectivity index is 2.26. The van der Waals surface area contributed by atoms with Crippen LogP contribution in [0.2, 0.25) is 0 Å². The summed E-state index contributed by atoms with van der Waals surface area (Å²) in [4.78, 5) is 2.68. The lowest BCUT2D eigenvalue weighted by Gasteiger charge is -2.11. The third-order valence-electron chi connectivity index (χ3n) is 2.79. The molecule has 2 rings (SSSR count). The van der Waals surface area contributed by atoms with Gasteiger partial charge >= 0.3 is 0 Å². The maximum Gasteiger partial charge on any atom is 0.0156 e. The SMILES string of the molecule is Cc1ccc(Sc2ccccc2C(C)C)cc1. The maximum absolute atomic E-state index is 2.24. The van der Waals surface area contributed by atoms with Gasteiger partial charge in [-0.25, -0.2) is 0 Å². The summed E-state index contributed by atoms with van der Waals surface area (Å²) >= 11 is 1.85. The van der Waals surface area contributed by atoms with Crippen LogP contribution < -0.4 is 0 Å². The van der Waals surface area contributed by atoms with Crippen LogP contribution in [-0.4, -0.2) is 0 Å². The fourth-order valence-corrected chi connectivity index (χ4v) is 2.88. The van der Waals surface area contributed by atoms with Gasteiger partial charge in [0.25, 0.3) is 0 Å². The lowest BCUT2D eigenvalue weighted by Crippen LogP contribution is -1.90. The highest BCUT2D eigenvalue weighted by Gasteiger charge is 2.06. The zero-order chi connectivity index (χ0) is 12.3. The minimum atomic E-state index is 0.573. The van der Waals surface area contributed by atoms with Crippen LogP contribution in [0.3, 0.4) is 0 Å². The molecule has 0 N–H and O–H groups in total. The van der Waals surface area contributed by atoms with Crippen LogP contribution in [0.4, 0.5) is 0 Å². The third-order valence-corrected chi connectivity index (χ3v) is 3.89. The molecule has 0 aliphatic heterocycles. The zero-order valence-electron chi connectivity index (χ0n) is 10.6. The average molecular weight is 242 g/mol. The lowest BCUT2D eigenvalue weighted by atomic mass is 10.0. The molecule has 0 aliphatic carbocycles. The molecule has 0 heterocycles. The predicted octanol–water partition coefficient (Wildman–Crippen LogP) is 5.27. The Labute approximate surface area is 108 Å². The summed E-state index contributed by atoms with van der Waals surface area (Å²) in [6.07, 6.45) is 0. The molecule has 0 saturated carbocycles. The van der Waals surface area contributed by atoms with Crippen LogP contribution in [-0.2, 0) is 0 Å². The molecule has 0 saturated heterocycles. The Morgan fingerprint density at radius 3 is 2.18 bits per heavy atom. The van der Waals surface area contributed by atoms with E-state index in [0.29, 0.717) is 5.92 Å². The van der Waals surface area contributed by atoms with Crippen LogP contribution >= 0.6 is 11.8 Å². The summed E-state index contributed by atoms with van der Waals surface area (Å²) in [6, 6.07) is 17.4. The average Bonchev–Trinajstić information content (AvgIpc) is 2.32. The first kappa shape index (κ1) is 12.3. The van der Waals surface area contributed by atoms with Crippen molar-refractivity contribution in [3.63, 3.8) is 0 Å². The smallest absolute Gasteiger partial charge is 0.0156 e. The molecule has 0 aliphatic rings. The van der Waals surface area contributed by atoms with Crippen molar-refractivity contribution in [1.82, 2.24) is 0 Å². The van der Waals surface area contributed by atoms with E-state index in [1.54, 1.807) is 0 Å². The van der Waals surface area contributed by atoms with E-state index >= 15 is 0 Å². The second kappa shape index (κ2) is 5.42. The van der Waals surface area contributed by atoms with Gasteiger partial charge in [-0.2, -0.15) is 0 Å². The largest absolute Gasteiger partial charge is 0.0898 e. The lowest BCUT2D eigenvalue weighted by molar-refractivity contribution is 0.842. The highest BCUT2D eigenvalue weighted by Crippen LogP contribution is 2.33. The Kier molecular flexibility index (Phi) is 3.90. The van der Waals surface area contributed by atoms with Gasteiger partial charge in [-0.05, 0) is 36.6 Å². The van der Waals surface area contributed by atoms with Crippen molar-refractivity contribution in [1.29, 1.82) is 0 Å². The van der Waals surface area contributed by atoms with Crippen molar-refractivity contribution in [2.24, 2.45) is 0 Å². The molecule has 1 heteroatoms. The van der Waals surface area contributed by atoms with Gasteiger partial charge in [0.1, 0.15) is 0 Å².